The predicted molar refractivity (Wildman–Crippen MR) is 82.4 cm³/mol. The monoisotopic (exact) mass is 295 g/mol. The Morgan fingerprint density at radius 1 is 1.55 bits per heavy atom. The Bertz CT molecular complexity index is 436. The van der Waals surface area contributed by atoms with Crippen LogP contribution in [0.1, 0.15) is 19.8 Å². The first-order valence-corrected chi connectivity index (χ1v) is 8.04. The zero-order valence-corrected chi connectivity index (χ0v) is 12.5. The number of nitrogens with one attached hydrogen (secondary N) is 2. The van der Waals surface area contributed by atoms with E-state index >= 15 is 0 Å². The third-order valence-corrected chi connectivity index (χ3v) is 4.43. The summed E-state index contributed by atoms with van der Waals surface area (Å²) < 4.78 is 5.39. The fourth-order valence-electron chi connectivity index (χ4n) is 2.08. The SMILES string of the molecule is CCOc1ncccc1NC(=O)CSC1CCNCC1. The minimum Gasteiger partial charge on any atom is -0.476 e. The van der Waals surface area contributed by atoms with Gasteiger partial charge in [-0.1, -0.05) is 0 Å². The molecule has 1 amide bonds. The van der Waals surface area contributed by atoms with E-state index in [-0.39, 0.29) is 5.91 Å². The summed E-state index contributed by atoms with van der Waals surface area (Å²) in [5.74, 6) is 0.961. The van der Waals surface area contributed by atoms with Crippen molar-refractivity contribution < 1.29 is 9.53 Å². The highest BCUT2D eigenvalue weighted by Gasteiger charge is 2.15. The lowest BCUT2D eigenvalue weighted by molar-refractivity contribution is -0.113. The molecule has 1 aliphatic rings. The zero-order valence-electron chi connectivity index (χ0n) is 11.7. The average Bonchev–Trinajstić information content (AvgIpc) is 2.49. The summed E-state index contributed by atoms with van der Waals surface area (Å²) in [6.07, 6.45) is 3.93. The van der Waals surface area contributed by atoms with Crippen LogP contribution in [0.2, 0.25) is 0 Å². The van der Waals surface area contributed by atoms with E-state index in [1.807, 2.05) is 13.0 Å². The molecule has 2 heterocycles. The van der Waals surface area contributed by atoms with Gasteiger partial charge in [0.2, 0.25) is 11.8 Å². The fourth-order valence-corrected chi connectivity index (χ4v) is 3.11. The van der Waals surface area contributed by atoms with Gasteiger partial charge in [0.15, 0.2) is 0 Å². The normalized spacial score (nSPS) is 15.8. The van der Waals surface area contributed by atoms with Crippen molar-refractivity contribution in [3.63, 3.8) is 0 Å². The van der Waals surface area contributed by atoms with Gasteiger partial charge in [0.05, 0.1) is 12.4 Å². The maximum Gasteiger partial charge on any atom is 0.237 e. The first-order chi connectivity index (χ1) is 9.79. The molecule has 0 atom stereocenters. The third-order valence-electron chi connectivity index (χ3n) is 3.06. The Morgan fingerprint density at radius 2 is 2.35 bits per heavy atom. The molecule has 6 heteroatoms. The molecule has 110 valence electrons. The van der Waals surface area contributed by atoms with Crippen LogP contribution in [0, 0.1) is 0 Å². The van der Waals surface area contributed by atoms with Crippen LogP contribution in [0.4, 0.5) is 5.69 Å². The van der Waals surface area contributed by atoms with E-state index < -0.39 is 0 Å². The molecule has 0 bridgehead atoms. The Kier molecular flexibility index (Phi) is 6.14. The summed E-state index contributed by atoms with van der Waals surface area (Å²) in [5.41, 5.74) is 0.644. The summed E-state index contributed by atoms with van der Waals surface area (Å²) in [6.45, 7) is 4.53. The first-order valence-electron chi connectivity index (χ1n) is 6.99. The molecule has 0 aromatic carbocycles. The summed E-state index contributed by atoms with van der Waals surface area (Å²) in [5, 5.41) is 6.78. The molecular formula is C14H21N3O2S. The van der Waals surface area contributed by atoms with Crippen molar-refractivity contribution in [2.75, 3.05) is 30.8 Å². The average molecular weight is 295 g/mol. The summed E-state index contributed by atoms with van der Waals surface area (Å²) >= 11 is 1.73. The molecule has 2 rings (SSSR count). The van der Waals surface area contributed by atoms with Crippen molar-refractivity contribution in [1.29, 1.82) is 0 Å². The second kappa shape index (κ2) is 8.11. The number of carbonyl (C=O) groups is 1. The molecular weight excluding hydrogens is 274 g/mol. The van der Waals surface area contributed by atoms with Gasteiger partial charge >= 0.3 is 0 Å². The number of anilines is 1. The van der Waals surface area contributed by atoms with E-state index in [9.17, 15) is 4.79 Å². The van der Waals surface area contributed by atoms with E-state index in [1.54, 1.807) is 24.0 Å². The lowest BCUT2D eigenvalue weighted by atomic mass is 10.2. The van der Waals surface area contributed by atoms with Crippen molar-refractivity contribution in [3.8, 4) is 5.88 Å². The van der Waals surface area contributed by atoms with Crippen molar-refractivity contribution in [2.45, 2.75) is 25.0 Å². The number of ether oxygens (including phenoxy) is 1. The van der Waals surface area contributed by atoms with Gasteiger partial charge in [-0.15, -0.1) is 11.8 Å². The Morgan fingerprint density at radius 3 is 3.10 bits per heavy atom. The number of pyridine rings is 1. The molecule has 5 nitrogen and oxygen atoms in total. The van der Waals surface area contributed by atoms with Crippen LogP contribution in [-0.4, -0.2) is 41.6 Å². The highest BCUT2D eigenvalue weighted by molar-refractivity contribution is 8.00. The van der Waals surface area contributed by atoms with Gasteiger partial charge in [-0.3, -0.25) is 4.79 Å². The van der Waals surface area contributed by atoms with Crippen molar-refractivity contribution in [3.05, 3.63) is 18.3 Å². The predicted octanol–water partition coefficient (Wildman–Crippen LogP) is 1.90. The number of amides is 1. The van der Waals surface area contributed by atoms with Crippen LogP contribution in [0.15, 0.2) is 18.3 Å². The Balaban J connectivity index is 1.81. The van der Waals surface area contributed by atoms with Gasteiger partial charge < -0.3 is 15.4 Å². The number of nitrogens with zero attached hydrogens (tertiary/aromatic N) is 1. The molecule has 0 radical (unpaired) electrons. The van der Waals surface area contributed by atoms with Crippen molar-refractivity contribution in [2.24, 2.45) is 0 Å². The topological polar surface area (TPSA) is 63.2 Å². The summed E-state index contributed by atoms with van der Waals surface area (Å²) in [4.78, 5) is 16.1. The number of hydrogen-bond acceptors (Lipinski definition) is 5. The minimum atomic E-state index is 0.00230. The molecule has 0 unspecified atom stereocenters. The van der Waals surface area contributed by atoms with Gasteiger partial charge in [0.1, 0.15) is 5.69 Å². The minimum absolute atomic E-state index is 0.00230. The van der Waals surface area contributed by atoms with E-state index in [1.165, 1.54) is 0 Å². The quantitative estimate of drug-likeness (QED) is 0.839. The maximum atomic E-state index is 12.0. The number of piperidine rings is 1. The number of carbonyl (C=O) groups excluding carboxylic acids is 1. The van der Waals surface area contributed by atoms with Gasteiger partial charge in [-0.05, 0) is 45.0 Å². The Hall–Kier alpha value is -1.27. The maximum absolute atomic E-state index is 12.0. The van der Waals surface area contributed by atoms with Crippen LogP contribution in [0.25, 0.3) is 0 Å². The number of thioether (sulfide) groups is 1. The molecule has 1 fully saturated rings. The highest BCUT2D eigenvalue weighted by atomic mass is 32.2. The summed E-state index contributed by atoms with van der Waals surface area (Å²) in [7, 11) is 0. The smallest absolute Gasteiger partial charge is 0.237 e. The van der Waals surface area contributed by atoms with Gasteiger partial charge in [0.25, 0.3) is 0 Å². The van der Waals surface area contributed by atoms with Gasteiger partial charge in [-0.2, -0.15) is 0 Å². The molecule has 0 spiro atoms. The molecule has 2 N–H and O–H groups in total. The number of rotatable bonds is 6. The van der Waals surface area contributed by atoms with Gasteiger partial charge in [-0.25, -0.2) is 4.98 Å². The van der Waals surface area contributed by atoms with Crippen molar-refractivity contribution in [1.82, 2.24) is 10.3 Å². The van der Waals surface area contributed by atoms with E-state index in [0.29, 0.717) is 29.2 Å². The lowest BCUT2D eigenvalue weighted by Crippen LogP contribution is -2.30. The zero-order chi connectivity index (χ0) is 14.2. The van der Waals surface area contributed by atoms with E-state index in [4.69, 9.17) is 4.74 Å². The molecule has 0 aliphatic carbocycles. The number of hydrogen-bond donors (Lipinski definition) is 2. The second-order valence-corrected chi connectivity index (χ2v) is 5.89. The molecule has 1 aromatic heterocycles. The fraction of sp³-hybridized carbons (Fsp3) is 0.571. The molecule has 1 aliphatic heterocycles. The van der Waals surface area contributed by atoms with E-state index in [2.05, 4.69) is 15.6 Å². The van der Waals surface area contributed by atoms with Crippen LogP contribution < -0.4 is 15.4 Å². The standard InChI is InChI=1S/C14H21N3O2S/c1-2-19-14-12(4-3-7-16-14)17-13(18)10-20-11-5-8-15-9-6-11/h3-4,7,11,15H,2,5-6,8-10H2,1H3,(H,17,18). The van der Waals surface area contributed by atoms with Crippen LogP contribution >= 0.6 is 11.8 Å². The van der Waals surface area contributed by atoms with Gasteiger partial charge in [0, 0.05) is 11.4 Å². The number of aromatic nitrogens is 1. The molecule has 1 aromatic rings. The van der Waals surface area contributed by atoms with Crippen LogP contribution in [0.5, 0.6) is 5.88 Å². The molecule has 20 heavy (non-hydrogen) atoms. The molecule has 0 saturated carbocycles. The van der Waals surface area contributed by atoms with Crippen LogP contribution in [-0.2, 0) is 4.79 Å². The van der Waals surface area contributed by atoms with E-state index in [0.717, 1.165) is 25.9 Å². The third kappa shape index (κ3) is 4.68. The lowest BCUT2D eigenvalue weighted by Gasteiger charge is -2.21. The first kappa shape index (κ1) is 15.1. The summed E-state index contributed by atoms with van der Waals surface area (Å²) in [6, 6.07) is 3.60. The molecule has 1 saturated heterocycles. The highest BCUT2D eigenvalue weighted by Crippen LogP contribution is 2.23. The van der Waals surface area contributed by atoms with Crippen molar-refractivity contribution >= 4 is 23.4 Å². The van der Waals surface area contributed by atoms with Crippen LogP contribution in [0.3, 0.4) is 0 Å². The second-order valence-electron chi connectivity index (χ2n) is 4.60. The Labute approximate surface area is 123 Å². The largest absolute Gasteiger partial charge is 0.476 e.